The number of hydrogen-bond donors (Lipinski definition) is 3. The number of H-pyrrole nitrogens is 1. The molecule has 0 aliphatic rings. The van der Waals surface area contributed by atoms with Crippen LogP contribution in [-0.2, 0) is 4.79 Å². The third-order valence-corrected chi connectivity index (χ3v) is 4.06. The molecule has 2 aromatic rings. The van der Waals surface area contributed by atoms with Crippen molar-refractivity contribution in [2.24, 2.45) is 0 Å². The fraction of sp³-hybridized carbons (Fsp3) is 0.294. The highest BCUT2D eigenvalue weighted by atomic mass is 32.2. The Morgan fingerprint density at radius 1 is 1.23 bits per heavy atom. The number of rotatable bonds is 6. The summed E-state index contributed by atoms with van der Waals surface area (Å²) in [6.07, 6.45) is 0.187. The molecule has 0 unspecified atom stereocenters. The van der Waals surface area contributed by atoms with Gasteiger partial charge in [0.2, 0.25) is 5.91 Å². The lowest BCUT2D eigenvalue weighted by atomic mass is 10.2. The quantitative estimate of drug-likeness (QED) is 0.529. The molecule has 1 aromatic carbocycles. The molecule has 0 radical (unpaired) electrons. The van der Waals surface area contributed by atoms with E-state index in [9.17, 15) is 18.8 Å². The van der Waals surface area contributed by atoms with Gasteiger partial charge in [-0.2, -0.15) is 0 Å². The maximum Gasteiger partial charge on any atom is 0.277 e. The SMILES string of the molecule is CCC(=O)Nc1nc(SC(C)C)[nH]c(=O)c1NC(=O)c1ccc(F)cc1. The van der Waals surface area contributed by atoms with Crippen LogP contribution in [-0.4, -0.2) is 27.0 Å². The van der Waals surface area contributed by atoms with Gasteiger partial charge in [-0.3, -0.25) is 19.4 Å². The van der Waals surface area contributed by atoms with Gasteiger partial charge in [-0.1, -0.05) is 32.5 Å². The first kappa shape index (κ1) is 19.6. The van der Waals surface area contributed by atoms with Gasteiger partial charge in [0.25, 0.3) is 11.5 Å². The fourth-order valence-electron chi connectivity index (χ4n) is 1.95. The van der Waals surface area contributed by atoms with Gasteiger partial charge in [0.1, 0.15) is 5.82 Å². The van der Waals surface area contributed by atoms with Crippen LogP contribution in [0, 0.1) is 5.82 Å². The Kier molecular flexibility index (Phi) is 6.51. The Hall–Kier alpha value is -2.68. The molecule has 0 saturated carbocycles. The van der Waals surface area contributed by atoms with E-state index in [0.717, 1.165) is 12.1 Å². The van der Waals surface area contributed by atoms with E-state index >= 15 is 0 Å². The van der Waals surface area contributed by atoms with E-state index < -0.39 is 17.3 Å². The van der Waals surface area contributed by atoms with Gasteiger partial charge >= 0.3 is 0 Å². The molecule has 0 fully saturated rings. The number of halogens is 1. The average Bonchev–Trinajstić information content (AvgIpc) is 2.57. The summed E-state index contributed by atoms with van der Waals surface area (Å²) in [5.74, 6) is -1.47. The standard InChI is InChI=1S/C17H19FN4O3S/c1-4-12(23)19-14-13(16(25)22-17(21-14)26-9(2)3)20-15(24)10-5-7-11(18)8-6-10/h5-9H,4H2,1-3H3,(H,20,24)(H2,19,21,22,23,25). The van der Waals surface area contributed by atoms with Crippen molar-refractivity contribution in [3.63, 3.8) is 0 Å². The number of hydrogen-bond acceptors (Lipinski definition) is 5. The van der Waals surface area contributed by atoms with Gasteiger partial charge in [0.05, 0.1) is 0 Å². The summed E-state index contributed by atoms with van der Waals surface area (Å²) in [6, 6.07) is 4.86. The second kappa shape index (κ2) is 8.61. The van der Waals surface area contributed by atoms with E-state index in [2.05, 4.69) is 20.6 Å². The van der Waals surface area contributed by atoms with Crippen molar-refractivity contribution in [3.05, 3.63) is 46.0 Å². The smallest absolute Gasteiger partial charge is 0.277 e. The molecular formula is C17H19FN4O3S. The number of nitrogens with zero attached hydrogens (tertiary/aromatic N) is 1. The highest BCUT2D eigenvalue weighted by Gasteiger charge is 2.18. The molecule has 3 N–H and O–H groups in total. The zero-order valence-corrected chi connectivity index (χ0v) is 15.4. The van der Waals surface area contributed by atoms with Crippen molar-refractivity contribution < 1.29 is 14.0 Å². The van der Waals surface area contributed by atoms with E-state index in [1.165, 1.54) is 23.9 Å². The summed E-state index contributed by atoms with van der Waals surface area (Å²) in [5, 5.41) is 5.45. The molecule has 0 bridgehead atoms. The van der Waals surface area contributed by atoms with Crippen LogP contribution < -0.4 is 16.2 Å². The minimum absolute atomic E-state index is 0.0285. The highest BCUT2D eigenvalue weighted by molar-refractivity contribution is 7.99. The molecule has 0 spiro atoms. The maximum atomic E-state index is 13.0. The summed E-state index contributed by atoms with van der Waals surface area (Å²) in [4.78, 5) is 43.3. The molecule has 26 heavy (non-hydrogen) atoms. The summed E-state index contributed by atoms with van der Waals surface area (Å²) in [7, 11) is 0. The van der Waals surface area contributed by atoms with Crippen LogP contribution >= 0.6 is 11.8 Å². The predicted octanol–water partition coefficient (Wildman–Crippen LogP) is 3.01. The number of carbonyl (C=O) groups is 2. The molecule has 0 aliphatic heterocycles. The summed E-state index contributed by atoms with van der Waals surface area (Å²) >= 11 is 1.31. The molecule has 2 rings (SSSR count). The van der Waals surface area contributed by atoms with Crippen molar-refractivity contribution in [2.45, 2.75) is 37.6 Å². The Morgan fingerprint density at radius 2 is 1.88 bits per heavy atom. The van der Waals surface area contributed by atoms with Crippen LogP contribution in [0.4, 0.5) is 15.9 Å². The number of carbonyl (C=O) groups excluding carboxylic acids is 2. The predicted molar refractivity (Wildman–Crippen MR) is 99.1 cm³/mol. The second-order valence-corrected chi connectivity index (χ2v) is 7.19. The Morgan fingerprint density at radius 3 is 2.46 bits per heavy atom. The van der Waals surface area contributed by atoms with E-state index in [-0.39, 0.29) is 34.6 Å². The van der Waals surface area contributed by atoms with E-state index in [0.29, 0.717) is 5.16 Å². The molecule has 0 saturated heterocycles. The fourth-order valence-corrected chi connectivity index (χ4v) is 2.69. The third-order valence-electron chi connectivity index (χ3n) is 3.17. The second-order valence-electron chi connectivity index (χ2n) is 5.62. The van der Waals surface area contributed by atoms with E-state index in [1.54, 1.807) is 6.92 Å². The number of nitrogens with one attached hydrogen (secondary N) is 3. The van der Waals surface area contributed by atoms with Crippen LogP contribution in [0.15, 0.2) is 34.2 Å². The van der Waals surface area contributed by atoms with Crippen LogP contribution in [0.5, 0.6) is 0 Å². The van der Waals surface area contributed by atoms with E-state index in [1.807, 2.05) is 13.8 Å². The Bertz CT molecular complexity index is 865. The monoisotopic (exact) mass is 378 g/mol. The number of benzene rings is 1. The van der Waals surface area contributed by atoms with Crippen molar-refractivity contribution in [2.75, 3.05) is 10.6 Å². The number of amides is 2. The van der Waals surface area contributed by atoms with Gasteiger partial charge in [0, 0.05) is 17.2 Å². The van der Waals surface area contributed by atoms with Crippen LogP contribution in [0.25, 0.3) is 0 Å². The van der Waals surface area contributed by atoms with E-state index in [4.69, 9.17) is 0 Å². The van der Waals surface area contributed by atoms with Crippen molar-refractivity contribution in [1.82, 2.24) is 9.97 Å². The first-order valence-corrected chi connectivity index (χ1v) is 8.85. The number of aromatic nitrogens is 2. The Labute approximate surface area is 153 Å². The minimum Gasteiger partial charge on any atom is -0.314 e. The van der Waals surface area contributed by atoms with Crippen molar-refractivity contribution in [1.29, 1.82) is 0 Å². The van der Waals surface area contributed by atoms with Gasteiger partial charge < -0.3 is 10.6 Å². The third kappa shape index (κ3) is 5.16. The zero-order chi connectivity index (χ0) is 19.3. The van der Waals surface area contributed by atoms with Crippen LogP contribution in [0.1, 0.15) is 37.6 Å². The van der Waals surface area contributed by atoms with Gasteiger partial charge in [0.15, 0.2) is 16.7 Å². The molecular weight excluding hydrogens is 359 g/mol. The lowest BCUT2D eigenvalue weighted by Gasteiger charge is -2.12. The first-order valence-electron chi connectivity index (χ1n) is 7.98. The van der Waals surface area contributed by atoms with Gasteiger partial charge in [-0.25, -0.2) is 9.37 Å². The topological polar surface area (TPSA) is 104 Å². The number of aromatic amines is 1. The van der Waals surface area contributed by atoms with Crippen molar-refractivity contribution in [3.8, 4) is 0 Å². The average molecular weight is 378 g/mol. The maximum absolute atomic E-state index is 13.0. The molecule has 7 nitrogen and oxygen atoms in total. The summed E-state index contributed by atoms with van der Waals surface area (Å²) in [6.45, 7) is 5.52. The molecule has 1 heterocycles. The molecule has 2 amide bonds. The Balaban J connectivity index is 2.38. The largest absolute Gasteiger partial charge is 0.314 e. The van der Waals surface area contributed by atoms with Crippen LogP contribution in [0.2, 0.25) is 0 Å². The lowest BCUT2D eigenvalue weighted by molar-refractivity contribution is -0.115. The first-order chi connectivity index (χ1) is 12.3. The van der Waals surface area contributed by atoms with Crippen LogP contribution in [0.3, 0.4) is 0 Å². The molecule has 1 aromatic heterocycles. The highest BCUT2D eigenvalue weighted by Crippen LogP contribution is 2.23. The molecule has 0 atom stereocenters. The molecule has 138 valence electrons. The summed E-state index contributed by atoms with van der Waals surface area (Å²) in [5.41, 5.74) is -0.599. The normalized spacial score (nSPS) is 10.7. The number of thioether (sulfide) groups is 1. The van der Waals surface area contributed by atoms with Gasteiger partial charge in [-0.15, -0.1) is 0 Å². The lowest BCUT2D eigenvalue weighted by Crippen LogP contribution is -2.25. The zero-order valence-electron chi connectivity index (χ0n) is 14.6. The van der Waals surface area contributed by atoms with Crippen molar-refractivity contribution >= 4 is 35.1 Å². The number of anilines is 2. The molecule has 9 heteroatoms. The minimum atomic E-state index is -0.617. The van der Waals surface area contributed by atoms with Gasteiger partial charge in [-0.05, 0) is 24.3 Å². The molecule has 0 aliphatic carbocycles. The summed E-state index contributed by atoms with van der Waals surface area (Å²) < 4.78 is 13.0.